The quantitative estimate of drug-likeness (QED) is 0.911. The van der Waals surface area contributed by atoms with Crippen molar-refractivity contribution in [3.05, 3.63) is 24.3 Å². The number of carbonyl (C=O) groups is 1. The highest BCUT2D eigenvalue weighted by Gasteiger charge is 2.24. The highest BCUT2D eigenvalue weighted by molar-refractivity contribution is 5.89. The van der Waals surface area contributed by atoms with E-state index < -0.39 is 11.7 Å². The fraction of sp³-hybridized carbons (Fsp3) is 0.500. The molecule has 0 aliphatic rings. The third-order valence-corrected chi connectivity index (χ3v) is 2.31. The van der Waals surface area contributed by atoms with Gasteiger partial charge < -0.3 is 14.6 Å². The maximum Gasteiger partial charge on any atom is 0.415 e. The summed E-state index contributed by atoms with van der Waals surface area (Å²) in [5.41, 5.74) is -0.180. The number of aromatic hydroxyl groups is 1. The van der Waals surface area contributed by atoms with Crippen LogP contribution in [0, 0.1) is 0 Å². The molecule has 5 nitrogen and oxygen atoms in total. The Morgan fingerprint density at radius 2 is 1.95 bits per heavy atom. The number of phenolic OH excluding ortho intramolecular Hbond substituents is 1. The van der Waals surface area contributed by atoms with Gasteiger partial charge in [-0.25, -0.2) is 4.79 Å². The summed E-state index contributed by atoms with van der Waals surface area (Å²) in [6, 6.07) is 6.63. The number of nitrogens with zero attached hydrogens (tertiary/aromatic N) is 1. The van der Waals surface area contributed by atoms with Gasteiger partial charge in [-0.2, -0.15) is 0 Å². The number of carbonyl (C=O) groups excluding carboxylic acids is 1. The van der Waals surface area contributed by atoms with E-state index in [9.17, 15) is 9.90 Å². The summed E-state index contributed by atoms with van der Waals surface area (Å²) in [4.78, 5) is 13.5. The molecule has 0 spiro atoms. The second kappa shape index (κ2) is 6.43. The van der Waals surface area contributed by atoms with Crippen molar-refractivity contribution in [2.45, 2.75) is 26.4 Å². The zero-order valence-corrected chi connectivity index (χ0v) is 11.8. The number of hydrogen-bond donors (Lipinski definition) is 1. The molecule has 0 fully saturated rings. The van der Waals surface area contributed by atoms with E-state index in [1.807, 2.05) is 0 Å². The molecule has 0 bridgehead atoms. The van der Waals surface area contributed by atoms with Crippen LogP contribution in [0.25, 0.3) is 0 Å². The molecule has 5 heteroatoms. The predicted molar refractivity (Wildman–Crippen MR) is 73.6 cm³/mol. The monoisotopic (exact) mass is 267 g/mol. The molecule has 0 aromatic heterocycles. The number of methoxy groups -OCH3 is 1. The average molecular weight is 267 g/mol. The van der Waals surface area contributed by atoms with E-state index in [0.717, 1.165) is 0 Å². The van der Waals surface area contributed by atoms with Crippen molar-refractivity contribution >= 4 is 11.8 Å². The molecule has 1 aromatic carbocycles. The number of rotatable bonds is 4. The van der Waals surface area contributed by atoms with E-state index in [1.54, 1.807) is 46.1 Å². The van der Waals surface area contributed by atoms with Crippen LogP contribution in [-0.4, -0.2) is 37.1 Å². The Kier molecular flexibility index (Phi) is 5.18. The number of anilines is 1. The van der Waals surface area contributed by atoms with Gasteiger partial charge >= 0.3 is 6.09 Å². The number of phenols is 1. The highest BCUT2D eigenvalue weighted by atomic mass is 16.6. The highest BCUT2D eigenvalue weighted by Crippen LogP contribution is 2.27. The lowest BCUT2D eigenvalue weighted by molar-refractivity contribution is 0.0568. The minimum absolute atomic E-state index is 0.0319. The van der Waals surface area contributed by atoms with Gasteiger partial charge in [-0.15, -0.1) is 0 Å². The maximum atomic E-state index is 12.2. The first-order valence-corrected chi connectivity index (χ1v) is 6.12. The fourth-order valence-electron chi connectivity index (χ4n) is 1.50. The number of hydrogen-bond acceptors (Lipinski definition) is 4. The van der Waals surface area contributed by atoms with E-state index in [4.69, 9.17) is 9.47 Å². The van der Waals surface area contributed by atoms with Crippen LogP contribution in [0.5, 0.6) is 5.75 Å². The molecule has 19 heavy (non-hydrogen) atoms. The van der Waals surface area contributed by atoms with E-state index in [2.05, 4.69) is 0 Å². The normalized spacial score (nSPS) is 11.2. The lowest BCUT2D eigenvalue weighted by atomic mass is 10.2. The minimum Gasteiger partial charge on any atom is -0.506 e. The van der Waals surface area contributed by atoms with Crippen molar-refractivity contribution < 1.29 is 19.4 Å². The molecule has 0 aliphatic heterocycles. The Hall–Kier alpha value is -1.75. The van der Waals surface area contributed by atoms with Crippen LogP contribution in [0.1, 0.15) is 20.8 Å². The molecule has 106 valence electrons. The van der Waals surface area contributed by atoms with Gasteiger partial charge in [-0.3, -0.25) is 4.90 Å². The Balaban J connectivity index is 2.95. The van der Waals surface area contributed by atoms with Gasteiger partial charge in [0.25, 0.3) is 0 Å². The van der Waals surface area contributed by atoms with Gasteiger partial charge in [0.2, 0.25) is 0 Å². The average Bonchev–Trinajstić information content (AvgIpc) is 2.29. The van der Waals surface area contributed by atoms with Crippen molar-refractivity contribution in [2.75, 3.05) is 25.2 Å². The summed E-state index contributed by atoms with van der Waals surface area (Å²) < 4.78 is 10.3. The van der Waals surface area contributed by atoms with Gasteiger partial charge in [-0.1, -0.05) is 12.1 Å². The summed E-state index contributed by atoms with van der Waals surface area (Å²) in [5.74, 6) is 0.0319. The van der Waals surface area contributed by atoms with Crippen molar-refractivity contribution in [3.8, 4) is 5.75 Å². The Morgan fingerprint density at radius 1 is 1.32 bits per heavy atom. The summed E-state index contributed by atoms with van der Waals surface area (Å²) >= 11 is 0. The van der Waals surface area contributed by atoms with Crippen molar-refractivity contribution in [1.82, 2.24) is 0 Å². The van der Waals surface area contributed by atoms with Gasteiger partial charge in [0, 0.05) is 7.11 Å². The maximum absolute atomic E-state index is 12.2. The van der Waals surface area contributed by atoms with E-state index >= 15 is 0 Å². The van der Waals surface area contributed by atoms with Crippen LogP contribution < -0.4 is 4.90 Å². The molecule has 0 heterocycles. The van der Waals surface area contributed by atoms with Gasteiger partial charge in [0.05, 0.1) is 18.8 Å². The smallest absolute Gasteiger partial charge is 0.415 e. The van der Waals surface area contributed by atoms with Crippen LogP contribution >= 0.6 is 0 Å². The second-order valence-electron chi connectivity index (χ2n) is 5.11. The number of benzene rings is 1. The molecule has 0 saturated heterocycles. The second-order valence-corrected chi connectivity index (χ2v) is 5.11. The Morgan fingerprint density at radius 3 is 2.47 bits per heavy atom. The van der Waals surface area contributed by atoms with E-state index in [1.165, 1.54) is 11.0 Å². The lowest BCUT2D eigenvalue weighted by Crippen LogP contribution is -2.38. The van der Waals surface area contributed by atoms with Crippen LogP contribution in [0.4, 0.5) is 10.5 Å². The standard InChI is InChI=1S/C14H21NO4/c1-14(2,3)19-13(17)15(9-10-18-4)11-7-5-6-8-12(11)16/h5-8,16H,9-10H2,1-4H3. The van der Waals surface area contributed by atoms with E-state index in [-0.39, 0.29) is 5.75 Å². The van der Waals surface area contributed by atoms with Crippen molar-refractivity contribution in [2.24, 2.45) is 0 Å². The first kappa shape index (κ1) is 15.3. The minimum atomic E-state index is -0.590. The lowest BCUT2D eigenvalue weighted by Gasteiger charge is -2.27. The zero-order valence-electron chi connectivity index (χ0n) is 11.8. The third-order valence-electron chi connectivity index (χ3n) is 2.31. The summed E-state index contributed by atoms with van der Waals surface area (Å²) in [6.07, 6.45) is -0.508. The van der Waals surface area contributed by atoms with Crippen molar-refractivity contribution in [3.63, 3.8) is 0 Å². The zero-order chi connectivity index (χ0) is 14.5. The summed E-state index contributed by atoms with van der Waals surface area (Å²) in [7, 11) is 1.55. The molecule has 1 aromatic rings. The molecule has 0 aliphatic carbocycles. The molecular formula is C14H21NO4. The predicted octanol–water partition coefficient (Wildman–Crippen LogP) is 2.78. The van der Waals surface area contributed by atoms with Crippen LogP contribution in [0.15, 0.2) is 24.3 Å². The molecule has 1 rings (SSSR count). The van der Waals surface area contributed by atoms with Crippen molar-refractivity contribution in [1.29, 1.82) is 0 Å². The molecule has 1 N–H and O–H groups in total. The molecule has 0 atom stereocenters. The molecule has 0 saturated carbocycles. The van der Waals surface area contributed by atoms with Gasteiger partial charge in [-0.05, 0) is 32.9 Å². The summed E-state index contributed by atoms with van der Waals surface area (Å²) in [5, 5.41) is 9.84. The topological polar surface area (TPSA) is 59.0 Å². The molecular weight excluding hydrogens is 246 g/mol. The first-order chi connectivity index (χ1) is 8.85. The summed E-state index contributed by atoms with van der Waals surface area (Å²) in [6.45, 7) is 6.05. The fourth-order valence-corrected chi connectivity index (χ4v) is 1.50. The molecule has 0 unspecified atom stereocenters. The first-order valence-electron chi connectivity index (χ1n) is 6.12. The number of para-hydroxylation sites is 2. The number of amides is 1. The molecule has 1 amide bonds. The number of ether oxygens (including phenoxy) is 2. The van der Waals surface area contributed by atoms with E-state index in [0.29, 0.717) is 18.8 Å². The molecule has 0 radical (unpaired) electrons. The van der Waals surface area contributed by atoms with Crippen LogP contribution in [0.3, 0.4) is 0 Å². The van der Waals surface area contributed by atoms with Crippen LogP contribution in [-0.2, 0) is 9.47 Å². The Labute approximate surface area is 113 Å². The SMILES string of the molecule is COCCN(C(=O)OC(C)(C)C)c1ccccc1O. The van der Waals surface area contributed by atoms with Crippen LogP contribution in [0.2, 0.25) is 0 Å². The third kappa shape index (κ3) is 4.79. The largest absolute Gasteiger partial charge is 0.506 e. The Bertz CT molecular complexity index is 426. The van der Waals surface area contributed by atoms with Gasteiger partial charge in [0.1, 0.15) is 11.4 Å². The van der Waals surface area contributed by atoms with Gasteiger partial charge in [0.15, 0.2) is 0 Å².